The van der Waals surface area contributed by atoms with Gasteiger partial charge in [-0.05, 0) is 6.42 Å². The standard InChI is InChI=1S/C6H11N3O4/c7-4(10)2-1-3(5(11)12)9-6(8)13/h3H,1-2H2,(H2,7,10)(H,11,12)(H3,8,9,13)/t3-/m1/s1. The zero-order valence-electron chi connectivity index (χ0n) is 6.82. The number of carbonyl (C=O) groups excluding carboxylic acids is 2. The number of carboxylic acids is 1. The van der Waals surface area contributed by atoms with Gasteiger partial charge < -0.3 is 21.9 Å². The first-order chi connectivity index (χ1) is 5.93. The molecular weight excluding hydrogens is 178 g/mol. The molecule has 6 N–H and O–H groups in total. The second-order valence-electron chi connectivity index (χ2n) is 2.40. The Kier molecular flexibility index (Phi) is 4.28. The Balaban J connectivity index is 4.02. The molecule has 7 nitrogen and oxygen atoms in total. The van der Waals surface area contributed by atoms with Gasteiger partial charge in [0.05, 0.1) is 0 Å². The lowest BCUT2D eigenvalue weighted by Gasteiger charge is -2.10. The lowest BCUT2D eigenvalue weighted by molar-refractivity contribution is -0.139. The molecule has 0 fully saturated rings. The fourth-order valence-corrected chi connectivity index (χ4v) is 0.716. The van der Waals surface area contributed by atoms with Crippen molar-refractivity contribution in [3.05, 3.63) is 0 Å². The maximum absolute atomic E-state index is 10.4. The van der Waals surface area contributed by atoms with Crippen LogP contribution in [-0.4, -0.2) is 29.1 Å². The first kappa shape index (κ1) is 11.2. The molecule has 0 unspecified atom stereocenters. The van der Waals surface area contributed by atoms with Gasteiger partial charge in [0.1, 0.15) is 6.04 Å². The molecule has 0 aliphatic carbocycles. The van der Waals surface area contributed by atoms with E-state index in [9.17, 15) is 14.4 Å². The Hall–Kier alpha value is -1.79. The highest BCUT2D eigenvalue weighted by Crippen LogP contribution is 1.96. The van der Waals surface area contributed by atoms with E-state index in [1.807, 2.05) is 5.32 Å². The predicted octanol–water partition coefficient (Wildman–Crippen LogP) is -1.63. The Morgan fingerprint density at radius 2 is 1.85 bits per heavy atom. The monoisotopic (exact) mass is 189 g/mol. The number of hydrogen-bond donors (Lipinski definition) is 4. The first-order valence-electron chi connectivity index (χ1n) is 3.50. The molecule has 0 rings (SSSR count). The van der Waals surface area contributed by atoms with E-state index in [4.69, 9.17) is 16.6 Å². The number of carbonyl (C=O) groups is 3. The number of aliphatic carboxylic acids is 1. The van der Waals surface area contributed by atoms with Crippen molar-refractivity contribution in [2.24, 2.45) is 11.5 Å². The van der Waals surface area contributed by atoms with Crippen molar-refractivity contribution < 1.29 is 19.5 Å². The molecule has 0 saturated heterocycles. The van der Waals surface area contributed by atoms with E-state index in [-0.39, 0.29) is 12.8 Å². The van der Waals surface area contributed by atoms with E-state index < -0.39 is 23.9 Å². The lowest BCUT2D eigenvalue weighted by Crippen LogP contribution is -2.44. The van der Waals surface area contributed by atoms with Crippen molar-refractivity contribution in [2.45, 2.75) is 18.9 Å². The molecule has 0 aliphatic rings. The Morgan fingerprint density at radius 3 is 2.15 bits per heavy atom. The average molecular weight is 189 g/mol. The molecular formula is C6H11N3O4. The van der Waals surface area contributed by atoms with E-state index >= 15 is 0 Å². The Bertz CT molecular complexity index is 228. The summed E-state index contributed by atoms with van der Waals surface area (Å²) in [5.41, 5.74) is 9.50. The van der Waals surface area contributed by atoms with Gasteiger partial charge in [0.25, 0.3) is 0 Å². The normalized spacial score (nSPS) is 11.7. The van der Waals surface area contributed by atoms with Gasteiger partial charge in [0.15, 0.2) is 0 Å². The van der Waals surface area contributed by atoms with E-state index in [0.717, 1.165) is 0 Å². The summed E-state index contributed by atoms with van der Waals surface area (Å²) in [6.07, 6.45) is -0.176. The largest absolute Gasteiger partial charge is 0.480 e. The maximum Gasteiger partial charge on any atom is 0.326 e. The van der Waals surface area contributed by atoms with Gasteiger partial charge >= 0.3 is 12.0 Å². The van der Waals surface area contributed by atoms with E-state index in [1.165, 1.54) is 0 Å². The number of urea groups is 1. The van der Waals surface area contributed by atoms with Crippen LogP contribution in [-0.2, 0) is 9.59 Å². The molecule has 0 radical (unpaired) electrons. The van der Waals surface area contributed by atoms with Gasteiger partial charge in [-0.25, -0.2) is 9.59 Å². The minimum Gasteiger partial charge on any atom is -0.480 e. The second kappa shape index (κ2) is 4.96. The van der Waals surface area contributed by atoms with E-state index in [1.54, 1.807) is 0 Å². The number of rotatable bonds is 5. The average Bonchev–Trinajstić information content (AvgIpc) is 1.96. The number of hydrogen-bond acceptors (Lipinski definition) is 3. The van der Waals surface area contributed by atoms with Crippen LogP contribution >= 0.6 is 0 Å². The Labute approximate surface area is 74.1 Å². The fourth-order valence-electron chi connectivity index (χ4n) is 0.716. The summed E-state index contributed by atoms with van der Waals surface area (Å²) in [5, 5.41) is 10.5. The SMILES string of the molecule is NC(=O)CC[C@@H](NC(N)=O)C(=O)O. The molecule has 0 heterocycles. The van der Waals surface area contributed by atoms with Crippen LogP contribution in [0.15, 0.2) is 0 Å². The summed E-state index contributed by atoms with van der Waals surface area (Å²) in [5.74, 6) is -1.88. The number of amides is 3. The van der Waals surface area contributed by atoms with Crippen molar-refractivity contribution >= 4 is 17.9 Å². The smallest absolute Gasteiger partial charge is 0.326 e. The molecule has 0 saturated carbocycles. The molecule has 0 aromatic heterocycles. The quantitative estimate of drug-likeness (QED) is 0.413. The number of nitrogens with one attached hydrogen (secondary N) is 1. The van der Waals surface area contributed by atoms with Gasteiger partial charge in [-0.15, -0.1) is 0 Å². The van der Waals surface area contributed by atoms with Gasteiger partial charge in [0, 0.05) is 6.42 Å². The van der Waals surface area contributed by atoms with Crippen molar-refractivity contribution in [3.8, 4) is 0 Å². The van der Waals surface area contributed by atoms with Crippen LogP contribution in [0.2, 0.25) is 0 Å². The highest BCUT2D eigenvalue weighted by Gasteiger charge is 2.18. The predicted molar refractivity (Wildman–Crippen MR) is 42.6 cm³/mol. The summed E-state index contributed by atoms with van der Waals surface area (Å²) >= 11 is 0. The van der Waals surface area contributed by atoms with Crippen molar-refractivity contribution in [3.63, 3.8) is 0 Å². The third kappa shape index (κ3) is 5.48. The summed E-state index contributed by atoms with van der Waals surface area (Å²) < 4.78 is 0. The maximum atomic E-state index is 10.4. The second-order valence-corrected chi connectivity index (χ2v) is 2.40. The molecule has 3 amide bonds. The molecule has 0 aromatic carbocycles. The minimum atomic E-state index is -1.25. The van der Waals surface area contributed by atoms with Crippen LogP contribution in [0.25, 0.3) is 0 Å². The molecule has 13 heavy (non-hydrogen) atoms. The minimum absolute atomic E-state index is 0.0619. The highest BCUT2D eigenvalue weighted by molar-refractivity contribution is 5.82. The van der Waals surface area contributed by atoms with E-state index in [2.05, 4.69) is 0 Å². The summed E-state index contributed by atoms with van der Waals surface area (Å²) in [7, 11) is 0. The van der Waals surface area contributed by atoms with E-state index in [0.29, 0.717) is 0 Å². The highest BCUT2D eigenvalue weighted by atomic mass is 16.4. The third-order valence-electron chi connectivity index (χ3n) is 1.29. The van der Waals surface area contributed by atoms with Gasteiger partial charge in [-0.3, -0.25) is 4.79 Å². The Morgan fingerprint density at radius 1 is 1.31 bits per heavy atom. The summed E-state index contributed by atoms with van der Waals surface area (Å²) in [4.78, 5) is 31.0. The van der Waals surface area contributed by atoms with Crippen LogP contribution in [0.5, 0.6) is 0 Å². The van der Waals surface area contributed by atoms with Crippen LogP contribution < -0.4 is 16.8 Å². The zero-order chi connectivity index (χ0) is 10.4. The van der Waals surface area contributed by atoms with Crippen molar-refractivity contribution in [1.82, 2.24) is 5.32 Å². The molecule has 1 atom stereocenters. The van der Waals surface area contributed by atoms with Crippen LogP contribution in [0.3, 0.4) is 0 Å². The van der Waals surface area contributed by atoms with Gasteiger partial charge in [-0.1, -0.05) is 0 Å². The van der Waals surface area contributed by atoms with Gasteiger partial charge in [0.2, 0.25) is 5.91 Å². The van der Waals surface area contributed by atoms with Gasteiger partial charge in [-0.2, -0.15) is 0 Å². The molecule has 0 aromatic rings. The molecule has 0 aliphatic heterocycles. The lowest BCUT2D eigenvalue weighted by atomic mass is 10.1. The summed E-state index contributed by atoms with van der Waals surface area (Å²) in [6.45, 7) is 0. The molecule has 0 spiro atoms. The van der Waals surface area contributed by atoms with Crippen molar-refractivity contribution in [2.75, 3.05) is 0 Å². The third-order valence-corrected chi connectivity index (χ3v) is 1.29. The van der Waals surface area contributed by atoms with Crippen LogP contribution in [0.4, 0.5) is 4.79 Å². The number of nitrogens with two attached hydrogens (primary N) is 2. The topological polar surface area (TPSA) is 136 Å². The van der Waals surface area contributed by atoms with Crippen LogP contribution in [0, 0.1) is 0 Å². The first-order valence-corrected chi connectivity index (χ1v) is 3.50. The summed E-state index contributed by atoms with van der Waals surface area (Å²) in [6, 6.07) is -2.11. The van der Waals surface area contributed by atoms with Crippen molar-refractivity contribution in [1.29, 1.82) is 0 Å². The molecule has 74 valence electrons. The molecule has 7 heteroatoms. The number of primary amides is 2. The number of carboxylic acid groups (broad SMARTS) is 1. The molecule has 0 bridgehead atoms. The zero-order valence-corrected chi connectivity index (χ0v) is 6.82. The fraction of sp³-hybridized carbons (Fsp3) is 0.500. The van der Waals surface area contributed by atoms with Crippen LogP contribution in [0.1, 0.15) is 12.8 Å².